The van der Waals surface area contributed by atoms with Crippen molar-refractivity contribution < 1.29 is 14.1 Å². The van der Waals surface area contributed by atoms with Crippen molar-refractivity contribution >= 4 is 12.0 Å². The van der Waals surface area contributed by atoms with Crippen LogP contribution in [-0.2, 0) is 11.2 Å². The van der Waals surface area contributed by atoms with E-state index >= 15 is 0 Å². The summed E-state index contributed by atoms with van der Waals surface area (Å²) < 4.78 is 10.8. The molecule has 150 valence electrons. The molecule has 0 unspecified atom stereocenters. The highest BCUT2D eigenvalue weighted by Gasteiger charge is 2.08. The lowest BCUT2D eigenvalue weighted by molar-refractivity contribution is -0.124. The minimum Gasteiger partial charge on any atom is -0.494 e. The van der Waals surface area contributed by atoms with Crippen LogP contribution in [0.4, 0.5) is 0 Å². The Morgan fingerprint density at radius 1 is 1.14 bits per heavy atom. The third-order valence-electron chi connectivity index (χ3n) is 4.53. The van der Waals surface area contributed by atoms with Gasteiger partial charge < -0.3 is 14.2 Å². The molecule has 0 aliphatic rings. The topological polar surface area (TPSA) is 55.6 Å². The van der Waals surface area contributed by atoms with Crippen molar-refractivity contribution in [2.45, 2.75) is 19.8 Å². The average molecular weight is 390 g/mol. The number of amides is 1. The Bertz CT molecular complexity index is 930. The van der Waals surface area contributed by atoms with E-state index in [2.05, 4.69) is 5.16 Å². The zero-order chi connectivity index (χ0) is 20.5. The molecule has 0 aliphatic carbocycles. The average Bonchev–Trinajstić information content (AvgIpc) is 3.23. The number of rotatable bonds is 9. The van der Waals surface area contributed by atoms with Gasteiger partial charge in [-0.25, -0.2) is 0 Å². The summed E-state index contributed by atoms with van der Waals surface area (Å²) in [5.41, 5.74) is 2.84. The molecule has 0 aliphatic heterocycles. The van der Waals surface area contributed by atoms with Crippen molar-refractivity contribution in [1.29, 1.82) is 0 Å². The molecule has 0 radical (unpaired) electrons. The first kappa shape index (κ1) is 20.4. The number of likely N-dealkylation sites (N-methyl/N-ethyl adjacent to an activating group) is 1. The minimum atomic E-state index is -0.0265. The summed E-state index contributed by atoms with van der Waals surface area (Å²) >= 11 is 0. The molecule has 3 rings (SSSR count). The lowest BCUT2D eigenvalue weighted by Crippen LogP contribution is -2.26. The third kappa shape index (κ3) is 6.07. The number of aromatic nitrogens is 1. The first-order valence-corrected chi connectivity index (χ1v) is 9.83. The molecule has 0 saturated heterocycles. The predicted molar refractivity (Wildman–Crippen MR) is 115 cm³/mol. The van der Waals surface area contributed by atoms with Crippen molar-refractivity contribution in [3.05, 3.63) is 78.1 Å². The summed E-state index contributed by atoms with van der Waals surface area (Å²) in [6, 6.07) is 19.6. The number of nitrogens with zero attached hydrogens (tertiary/aromatic N) is 2. The summed E-state index contributed by atoms with van der Waals surface area (Å²) in [6.45, 7) is 3.24. The van der Waals surface area contributed by atoms with Crippen molar-refractivity contribution in [1.82, 2.24) is 10.1 Å². The monoisotopic (exact) mass is 390 g/mol. The normalized spacial score (nSPS) is 11.0. The van der Waals surface area contributed by atoms with Crippen LogP contribution >= 0.6 is 0 Å². The Morgan fingerprint density at radius 3 is 2.62 bits per heavy atom. The van der Waals surface area contributed by atoms with Gasteiger partial charge in [0.15, 0.2) is 0 Å². The van der Waals surface area contributed by atoms with Crippen LogP contribution in [0.5, 0.6) is 5.75 Å². The molecule has 1 aromatic heterocycles. The molecule has 0 N–H and O–H groups in total. The van der Waals surface area contributed by atoms with Gasteiger partial charge in [-0.05, 0) is 37.1 Å². The van der Waals surface area contributed by atoms with E-state index in [1.807, 2.05) is 73.7 Å². The Labute approximate surface area is 171 Å². The van der Waals surface area contributed by atoms with Crippen molar-refractivity contribution in [3.8, 4) is 17.0 Å². The molecule has 3 aromatic rings. The molecule has 0 fully saturated rings. The highest BCUT2D eigenvalue weighted by Crippen LogP contribution is 2.19. The highest BCUT2D eigenvalue weighted by molar-refractivity contribution is 5.91. The molecule has 0 spiro atoms. The Kier molecular flexibility index (Phi) is 7.22. The van der Waals surface area contributed by atoms with Gasteiger partial charge in [0.1, 0.15) is 17.2 Å². The minimum absolute atomic E-state index is 0.0265. The molecule has 0 atom stereocenters. The van der Waals surface area contributed by atoms with Gasteiger partial charge >= 0.3 is 0 Å². The molecular weight excluding hydrogens is 364 g/mol. The van der Waals surface area contributed by atoms with Gasteiger partial charge in [-0.15, -0.1) is 0 Å². The Hall–Kier alpha value is -3.34. The van der Waals surface area contributed by atoms with E-state index < -0.39 is 0 Å². The van der Waals surface area contributed by atoms with E-state index in [0.717, 1.165) is 41.2 Å². The number of aryl methyl sites for hydroxylation is 1. The van der Waals surface area contributed by atoms with Gasteiger partial charge in [0.25, 0.3) is 0 Å². The van der Waals surface area contributed by atoms with Gasteiger partial charge in [-0.3, -0.25) is 4.79 Å². The zero-order valence-corrected chi connectivity index (χ0v) is 16.9. The van der Waals surface area contributed by atoms with Crippen LogP contribution in [0.2, 0.25) is 0 Å². The lowest BCUT2D eigenvalue weighted by atomic mass is 10.1. The summed E-state index contributed by atoms with van der Waals surface area (Å²) in [7, 11) is 1.81. The molecule has 5 nitrogen and oxygen atoms in total. The first-order valence-electron chi connectivity index (χ1n) is 9.83. The fourth-order valence-corrected chi connectivity index (χ4v) is 2.91. The van der Waals surface area contributed by atoms with Gasteiger partial charge in [-0.1, -0.05) is 47.6 Å². The standard InChI is InChI=1S/C24H26N2O3/c1-3-28-21-14-11-19(12-15-21)13-16-24(27)26(2)17-7-10-22-18-23(25-29-22)20-8-5-4-6-9-20/h4-6,8-9,11-16,18H,3,7,10,17H2,1-2H3/b16-13+. The highest BCUT2D eigenvalue weighted by atomic mass is 16.5. The molecule has 1 amide bonds. The maximum absolute atomic E-state index is 12.3. The maximum Gasteiger partial charge on any atom is 0.246 e. The van der Waals surface area contributed by atoms with Crippen LogP contribution in [0.1, 0.15) is 24.7 Å². The number of ether oxygens (including phenoxy) is 1. The van der Waals surface area contributed by atoms with E-state index in [0.29, 0.717) is 13.2 Å². The zero-order valence-electron chi connectivity index (χ0n) is 16.9. The van der Waals surface area contributed by atoms with E-state index in [1.54, 1.807) is 18.0 Å². The molecule has 2 aromatic carbocycles. The predicted octanol–water partition coefficient (Wildman–Crippen LogP) is 4.84. The fourth-order valence-electron chi connectivity index (χ4n) is 2.91. The number of carbonyl (C=O) groups excluding carboxylic acids is 1. The first-order chi connectivity index (χ1) is 14.2. The molecule has 0 saturated carbocycles. The number of hydrogen-bond donors (Lipinski definition) is 0. The van der Waals surface area contributed by atoms with Crippen LogP contribution in [0, 0.1) is 0 Å². The summed E-state index contributed by atoms with van der Waals surface area (Å²) in [6.07, 6.45) is 4.96. The molecule has 0 bridgehead atoms. The molecular formula is C24H26N2O3. The largest absolute Gasteiger partial charge is 0.494 e. The van der Waals surface area contributed by atoms with Crippen molar-refractivity contribution in [3.63, 3.8) is 0 Å². The number of carbonyl (C=O) groups is 1. The van der Waals surface area contributed by atoms with Crippen LogP contribution in [0.15, 0.2) is 71.3 Å². The van der Waals surface area contributed by atoms with E-state index in [1.165, 1.54) is 0 Å². The van der Waals surface area contributed by atoms with Gasteiger partial charge in [-0.2, -0.15) is 0 Å². The smallest absolute Gasteiger partial charge is 0.246 e. The van der Waals surface area contributed by atoms with E-state index in [-0.39, 0.29) is 5.91 Å². The third-order valence-corrected chi connectivity index (χ3v) is 4.53. The summed E-state index contributed by atoms with van der Waals surface area (Å²) in [4.78, 5) is 14.0. The second-order valence-corrected chi connectivity index (χ2v) is 6.74. The number of hydrogen-bond acceptors (Lipinski definition) is 4. The SMILES string of the molecule is CCOc1ccc(/C=C/C(=O)N(C)CCCc2cc(-c3ccccc3)no2)cc1. The van der Waals surface area contributed by atoms with Crippen LogP contribution in [-0.4, -0.2) is 36.2 Å². The van der Waals surface area contributed by atoms with Crippen LogP contribution in [0.25, 0.3) is 17.3 Å². The van der Waals surface area contributed by atoms with Crippen LogP contribution < -0.4 is 4.74 Å². The van der Waals surface area contributed by atoms with Crippen molar-refractivity contribution in [2.75, 3.05) is 20.2 Å². The van der Waals surface area contributed by atoms with E-state index in [9.17, 15) is 4.79 Å². The summed E-state index contributed by atoms with van der Waals surface area (Å²) in [5.74, 6) is 1.63. The van der Waals surface area contributed by atoms with Gasteiger partial charge in [0, 0.05) is 37.7 Å². The van der Waals surface area contributed by atoms with Crippen molar-refractivity contribution in [2.24, 2.45) is 0 Å². The second kappa shape index (κ2) is 10.3. The summed E-state index contributed by atoms with van der Waals surface area (Å²) in [5, 5.41) is 4.12. The molecule has 5 heteroatoms. The van der Waals surface area contributed by atoms with Crippen LogP contribution in [0.3, 0.4) is 0 Å². The molecule has 1 heterocycles. The fraction of sp³-hybridized carbons (Fsp3) is 0.250. The second-order valence-electron chi connectivity index (χ2n) is 6.74. The lowest BCUT2D eigenvalue weighted by Gasteiger charge is -2.14. The maximum atomic E-state index is 12.3. The van der Waals surface area contributed by atoms with E-state index in [4.69, 9.17) is 9.26 Å². The number of benzene rings is 2. The quantitative estimate of drug-likeness (QED) is 0.490. The molecule has 29 heavy (non-hydrogen) atoms. The Morgan fingerprint density at radius 2 is 1.90 bits per heavy atom. The Balaban J connectivity index is 1.45. The van der Waals surface area contributed by atoms with Gasteiger partial charge in [0.2, 0.25) is 5.91 Å². The van der Waals surface area contributed by atoms with Gasteiger partial charge in [0.05, 0.1) is 6.61 Å².